The Balaban J connectivity index is 1.72. The van der Waals surface area contributed by atoms with Crippen LogP contribution >= 0.6 is 0 Å². The van der Waals surface area contributed by atoms with E-state index in [9.17, 15) is 37.1 Å². The van der Waals surface area contributed by atoms with Gasteiger partial charge in [0, 0.05) is 29.9 Å². The van der Waals surface area contributed by atoms with Gasteiger partial charge < -0.3 is 20.3 Å². The van der Waals surface area contributed by atoms with E-state index in [-0.39, 0.29) is 30.8 Å². The Morgan fingerprint density at radius 3 is 2.30 bits per heavy atom. The predicted molar refractivity (Wildman–Crippen MR) is 158 cm³/mol. The third kappa shape index (κ3) is 7.62. The lowest BCUT2D eigenvalue weighted by Crippen LogP contribution is -2.43. The zero-order chi connectivity index (χ0) is 33.6. The Bertz CT molecular complexity index is 1810. The second kappa shape index (κ2) is 14.4. The Morgan fingerprint density at radius 2 is 1.65 bits per heavy atom. The molecule has 0 aliphatic rings. The molecule has 2 atom stereocenters. The van der Waals surface area contributed by atoms with Crippen LogP contribution in [-0.4, -0.2) is 40.0 Å². The maximum absolute atomic E-state index is 15.3. The minimum absolute atomic E-state index is 0.00376. The molecule has 46 heavy (non-hydrogen) atoms. The average molecular weight is 648 g/mol. The van der Waals surface area contributed by atoms with E-state index in [1.165, 1.54) is 25.3 Å². The number of para-hydroxylation sites is 1. The number of nitrogens with zero attached hydrogens (tertiary/aromatic N) is 2. The van der Waals surface area contributed by atoms with E-state index in [2.05, 4.69) is 0 Å². The molecule has 0 saturated heterocycles. The van der Waals surface area contributed by atoms with Crippen LogP contribution in [0.25, 0.3) is 11.1 Å². The molecule has 4 rings (SSSR count). The molecular weight excluding hydrogens is 617 g/mol. The quantitative estimate of drug-likeness (QED) is 0.198. The Hall–Kier alpha value is -4.98. The van der Waals surface area contributed by atoms with Gasteiger partial charge in [0.2, 0.25) is 0 Å². The van der Waals surface area contributed by atoms with Crippen molar-refractivity contribution in [2.75, 3.05) is 13.7 Å². The number of hydrogen-bond acceptors (Lipinski definition) is 6. The number of aromatic nitrogens is 2. The van der Waals surface area contributed by atoms with Crippen molar-refractivity contribution in [2.45, 2.75) is 38.1 Å². The number of carbonyl (C=O) groups is 1. The largest absolute Gasteiger partial charge is 0.494 e. The molecule has 0 aliphatic carbocycles. The molecule has 0 aliphatic heterocycles. The molecule has 1 aromatic heterocycles. The van der Waals surface area contributed by atoms with Crippen molar-refractivity contribution in [1.82, 2.24) is 9.13 Å². The maximum atomic E-state index is 15.3. The molecule has 9 nitrogen and oxygen atoms in total. The molecule has 1 heterocycles. The van der Waals surface area contributed by atoms with Crippen LogP contribution in [-0.2, 0) is 24.1 Å². The molecule has 0 fully saturated rings. The highest BCUT2D eigenvalue weighted by molar-refractivity contribution is 5.70. The zero-order valence-electron chi connectivity index (χ0n) is 24.5. The summed E-state index contributed by atoms with van der Waals surface area (Å²) < 4.78 is 83.1. The topological polar surface area (TPSA) is 126 Å². The molecule has 4 aromatic rings. The first kappa shape index (κ1) is 33.9. The number of carboxylic acids is 1. The lowest BCUT2D eigenvalue weighted by molar-refractivity contribution is -0.143. The van der Waals surface area contributed by atoms with Crippen LogP contribution in [0.15, 0.2) is 82.5 Å². The van der Waals surface area contributed by atoms with Gasteiger partial charge in [0.25, 0.3) is 5.56 Å². The number of hydrogen-bond donors (Lipinski definition) is 2. The van der Waals surface area contributed by atoms with Gasteiger partial charge in [-0.2, -0.15) is 13.2 Å². The van der Waals surface area contributed by atoms with Crippen molar-refractivity contribution in [3.63, 3.8) is 0 Å². The van der Waals surface area contributed by atoms with E-state index >= 15 is 4.39 Å². The van der Waals surface area contributed by atoms with Gasteiger partial charge in [-0.3, -0.25) is 18.7 Å². The normalized spacial score (nSPS) is 12.8. The molecule has 244 valence electrons. The van der Waals surface area contributed by atoms with Crippen molar-refractivity contribution in [3.05, 3.63) is 117 Å². The van der Waals surface area contributed by atoms with Crippen LogP contribution in [0, 0.1) is 17.6 Å². The second-order valence-corrected chi connectivity index (χ2v) is 10.3. The lowest BCUT2D eigenvalue weighted by atomic mass is 9.94. The SMILES string of the molecule is COc1cccc(-c2cn(Cc3c(F)cccc3C(F)(F)F)c(=O)n(CCC(N)C(CCOc3ccccc3)C(=O)O)c2=O)c1F. The Kier molecular flexibility index (Phi) is 10.6. The summed E-state index contributed by atoms with van der Waals surface area (Å²) in [6, 6.07) is 13.7. The lowest BCUT2D eigenvalue weighted by Gasteiger charge is -2.21. The molecule has 0 saturated carbocycles. The van der Waals surface area contributed by atoms with Crippen LogP contribution in [0.4, 0.5) is 22.0 Å². The second-order valence-electron chi connectivity index (χ2n) is 10.3. The van der Waals surface area contributed by atoms with Gasteiger partial charge in [-0.05, 0) is 43.2 Å². The molecule has 14 heteroatoms. The molecule has 0 bridgehead atoms. The number of alkyl halides is 3. The van der Waals surface area contributed by atoms with E-state index in [1.54, 1.807) is 30.3 Å². The summed E-state index contributed by atoms with van der Waals surface area (Å²) in [5.41, 5.74) is 1.06. The third-order valence-corrected chi connectivity index (χ3v) is 7.42. The number of nitrogens with two attached hydrogens (primary N) is 1. The van der Waals surface area contributed by atoms with Gasteiger partial charge in [-0.1, -0.05) is 36.4 Å². The standard InChI is InChI=1S/C32H30F5N3O6/c1-45-27-12-5-9-20(28(27)34)22-17-39(18-23-24(32(35,36)37)10-6-11-25(23)33)31(44)40(29(22)41)15-13-26(38)21(30(42)43)14-16-46-19-7-3-2-4-8-19/h2-12,17,21,26H,13-16,18,38H2,1H3,(H,42,43). The van der Waals surface area contributed by atoms with Gasteiger partial charge in [0.05, 0.1) is 37.3 Å². The summed E-state index contributed by atoms with van der Waals surface area (Å²) in [6.07, 6.45) is -4.38. The van der Waals surface area contributed by atoms with Crippen LogP contribution in [0.3, 0.4) is 0 Å². The molecule has 0 radical (unpaired) electrons. The first-order valence-corrected chi connectivity index (χ1v) is 14.0. The first-order chi connectivity index (χ1) is 21.8. The number of aliphatic carboxylic acids is 1. The van der Waals surface area contributed by atoms with Gasteiger partial charge >= 0.3 is 17.8 Å². The van der Waals surface area contributed by atoms with Crippen molar-refractivity contribution >= 4 is 5.97 Å². The number of ether oxygens (including phenoxy) is 2. The van der Waals surface area contributed by atoms with E-state index in [0.29, 0.717) is 21.0 Å². The zero-order valence-corrected chi connectivity index (χ0v) is 24.5. The maximum Gasteiger partial charge on any atom is 0.416 e. The summed E-state index contributed by atoms with van der Waals surface area (Å²) >= 11 is 0. The minimum Gasteiger partial charge on any atom is -0.494 e. The number of rotatable bonds is 13. The number of halogens is 5. The first-order valence-electron chi connectivity index (χ1n) is 14.0. The van der Waals surface area contributed by atoms with Crippen molar-refractivity contribution in [3.8, 4) is 22.6 Å². The summed E-state index contributed by atoms with van der Waals surface area (Å²) in [7, 11) is 1.18. The number of carboxylic acid groups (broad SMARTS) is 1. The van der Waals surface area contributed by atoms with E-state index < -0.39 is 76.8 Å². The van der Waals surface area contributed by atoms with Gasteiger partial charge in [0.1, 0.15) is 11.6 Å². The summed E-state index contributed by atoms with van der Waals surface area (Å²) in [5.74, 6) is -4.38. The Labute approximate surface area is 259 Å². The average Bonchev–Trinajstić information content (AvgIpc) is 3.01. The molecule has 0 amide bonds. The van der Waals surface area contributed by atoms with Crippen LogP contribution in [0.5, 0.6) is 11.5 Å². The van der Waals surface area contributed by atoms with Crippen molar-refractivity contribution in [2.24, 2.45) is 11.7 Å². The van der Waals surface area contributed by atoms with Gasteiger partial charge in [-0.25, -0.2) is 13.6 Å². The van der Waals surface area contributed by atoms with E-state index in [1.807, 2.05) is 0 Å². The van der Waals surface area contributed by atoms with Gasteiger partial charge in [-0.15, -0.1) is 0 Å². The molecule has 0 spiro atoms. The highest BCUT2D eigenvalue weighted by Gasteiger charge is 2.35. The third-order valence-electron chi connectivity index (χ3n) is 7.42. The fourth-order valence-corrected chi connectivity index (χ4v) is 5.00. The fraction of sp³-hybridized carbons (Fsp3) is 0.281. The summed E-state index contributed by atoms with van der Waals surface area (Å²) in [4.78, 5) is 39.1. The van der Waals surface area contributed by atoms with Crippen LogP contribution in [0.1, 0.15) is 24.0 Å². The smallest absolute Gasteiger partial charge is 0.416 e. The molecule has 2 unspecified atom stereocenters. The molecule has 3 N–H and O–H groups in total. The molecule has 3 aromatic carbocycles. The summed E-state index contributed by atoms with van der Waals surface area (Å²) in [5, 5.41) is 9.79. The highest BCUT2D eigenvalue weighted by atomic mass is 19.4. The minimum atomic E-state index is -4.97. The highest BCUT2D eigenvalue weighted by Crippen LogP contribution is 2.33. The predicted octanol–water partition coefficient (Wildman–Crippen LogP) is 4.92. The van der Waals surface area contributed by atoms with Crippen LogP contribution in [0.2, 0.25) is 0 Å². The van der Waals surface area contributed by atoms with Crippen LogP contribution < -0.4 is 26.5 Å². The summed E-state index contributed by atoms with van der Waals surface area (Å²) in [6.45, 7) is -1.44. The monoisotopic (exact) mass is 647 g/mol. The van der Waals surface area contributed by atoms with Crippen molar-refractivity contribution in [1.29, 1.82) is 0 Å². The van der Waals surface area contributed by atoms with Crippen molar-refractivity contribution < 1.29 is 41.3 Å². The van der Waals surface area contributed by atoms with Gasteiger partial charge in [0.15, 0.2) is 11.6 Å². The van der Waals surface area contributed by atoms with E-state index in [4.69, 9.17) is 15.2 Å². The molecular formula is C32H30F5N3O6. The Morgan fingerprint density at radius 1 is 0.957 bits per heavy atom. The van der Waals surface area contributed by atoms with E-state index in [0.717, 1.165) is 18.3 Å². The number of methoxy groups -OCH3 is 1. The fourth-order valence-electron chi connectivity index (χ4n) is 5.00. The number of benzene rings is 3.